The smallest absolute Gasteiger partial charge is 0.289 e. The van der Waals surface area contributed by atoms with Gasteiger partial charge < -0.3 is 5.32 Å². The van der Waals surface area contributed by atoms with E-state index in [4.69, 9.17) is 18.0 Å². The first-order valence-electron chi connectivity index (χ1n) is 8.30. The quantitative estimate of drug-likeness (QED) is 0.813. The van der Waals surface area contributed by atoms with E-state index in [0.717, 1.165) is 42.4 Å². The normalized spacial score (nSPS) is 22.3. The summed E-state index contributed by atoms with van der Waals surface area (Å²) in [6.07, 6.45) is 9.58. The van der Waals surface area contributed by atoms with Crippen LogP contribution in [0.25, 0.3) is 0 Å². The van der Waals surface area contributed by atoms with Crippen LogP contribution in [0.2, 0.25) is 5.02 Å². The first-order valence-corrected chi connectivity index (χ1v) is 9.49. The van der Waals surface area contributed by atoms with Crippen molar-refractivity contribution in [3.05, 3.63) is 45.8 Å². The van der Waals surface area contributed by atoms with Crippen LogP contribution in [0.5, 0.6) is 0 Å². The molecule has 0 radical (unpaired) electrons. The minimum Gasteiger partial charge on any atom is -0.300 e. The van der Waals surface area contributed by atoms with Gasteiger partial charge in [-0.1, -0.05) is 35.7 Å². The maximum absolute atomic E-state index is 11.6. The zero-order valence-electron chi connectivity index (χ0n) is 13.9. The second-order valence-electron chi connectivity index (χ2n) is 6.15. The molecule has 0 atom stereocenters. The van der Waals surface area contributed by atoms with Crippen LogP contribution in [-0.4, -0.2) is 35.6 Å². The highest BCUT2D eigenvalue weighted by Gasteiger charge is 2.26. The van der Waals surface area contributed by atoms with Crippen LogP contribution in [0.4, 0.5) is 4.79 Å². The average Bonchev–Trinajstić information content (AvgIpc) is 2.96. The summed E-state index contributed by atoms with van der Waals surface area (Å²) >= 11 is 7.14. The number of terminal acetylenes is 1. The summed E-state index contributed by atoms with van der Waals surface area (Å²) in [5.41, 5.74) is 1.28. The number of rotatable bonds is 4. The molecule has 1 N–H and O–H groups in total. The van der Waals surface area contributed by atoms with E-state index < -0.39 is 0 Å². The van der Waals surface area contributed by atoms with E-state index >= 15 is 0 Å². The molecule has 4 nitrogen and oxygen atoms in total. The Hall–Kier alpha value is -1.74. The number of amides is 1. The van der Waals surface area contributed by atoms with Crippen molar-refractivity contribution in [3.8, 4) is 12.3 Å². The lowest BCUT2D eigenvalue weighted by Crippen LogP contribution is -2.32. The molecule has 3 rings (SSSR count). The van der Waals surface area contributed by atoms with Gasteiger partial charge in [0.1, 0.15) is 12.4 Å². The number of amidine groups is 1. The van der Waals surface area contributed by atoms with E-state index in [-0.39, 0.29) is 11.8 Å². The molecule has 1 aromatic rings. The molecule has 0 aromatic heterocycles. The lowest BCUT2D eigenvalue weighted by molar-refractivity contribution is 0.195. The van der Waals surface area contributed by atoms with Crippen molar-refractivity contribution >= 4 is 34.4 Å². The zero-order valence-corrected chi connectivity index (χ0v) is 15.4. The van der Waals surface area contributed by atoms with E-state index in [2.05, 4.69) is 39.3 Å². The van der Waals surface area contributed by atoms with Gasteiger partial charge in [-0.2, -0.15) is 0 Å². The number of aliphatic imine (C=N–C) groups is 1. The van der Waals surface area contributed by atoms with Gasteiger partial charge >= 0.3 is 0 Å². The van der Waals surface area contributed by atoms with Gasteiger partial charge in [0.05, 0.1) is 4.91 Å². The molecule has 0 bridgehead atoms. The number of hydrogen-bond donors (Lipinski definition) is 1. The monoisotopic (exact) mass is 373 g/mol. The van der Waals surface area contributed by atoms with Gasteiger partial charge in [-0.25, -0.2) is 0 Å². The number of likely N-dealkylation sites (tertiary alicyclic amines) is 1. The van der Waals surface area contributed by atoms with Gasteiger partial charge in [-0.05, 0) is 61.3 Å². The zero-order chi connectivity index (χ0) is 17.6. The third-order valence-electron chi connectivity index (χ3n) is 4.32. The van der Waals surface area contributed by atoms with Crippen molar-refractivity contribution in [1.82, 2.24) is 10.2 Å². The maximum atomic E-state index is 11.6. The minimum atomic E-state index is -0.0813. The SMILES string of the molecule is C#CCN=C1NC(=O)S/C1=C\C1CCN(Cc2ccc(Cl)cc2)CC1. The molecule has 1 aromatic carbocycles. The largest absolute Gasteiger partial charge is 0.300 e. The fourth-order valence-corrected chi connectivity index (χ4v) is 3.97. The van der Waals surface area contributed by atoms with E-state index in [1.165, 1.54) is 17.3 Å². The number of nitrogens with one attached hydrogen (secondary N) is 1. The fourth-order valence-electron chi connectivity index (χ4n) is 3.03. The Bertz CT molecular complexity index is 728. The maximum Gasteiger partial charge on any atom is 0.289 e. The molecule has 2 aliphatic rings. The second kappa shape index (κ2) is 8.57. The Morgan fingerprint density at radius 2 is 2.08 bits per heavy atom. The number of nitrogens with zero attached hydrogens (tertiary/aromatic N) is 2. The third kappa shape index (κ3) is 5.12. The van der Waals surface area contributed by atoms with Crippen LogP contribution in [0.3, 0.4) is 0 Å². The minimum absolute atomic E-state index is 0.0813. The standard InChI is InChI=1S/C19H20ClN3OS/c1-2-9-21-18-17(25-19(24)22-18)12-14-7-10-23(11-8-14)13-15-3-5-16(20)6-4-15/h1,3-6,12,14H,7-11,13H2,(H,21,22,24)/b17-12-. The number of benzene rings is 1. The van der Waals surface area contributed by atoms with Crippen LogP contribution in [0.15, 0.2) is 40.2 Å². The molecule has 2 fully saturated rings. The van der Waals surface area contributed by atoms with Crippen molar-refractivity contribution in [1.29, 1.82) is 0 Å². The Morgan fingerprint density at radius 1 is 1.36 bits per heavy atom. The Balaban J connectivity index is 1.56. The number of carbonyl (C=O) groups excluding carboxylic acids is 1. The van der Waals surface area contributed by atoms with Gasteiger partial charge in [0.25, 0.3) is 5.24 Å². The summed E-state index contributed by atoms with van der Waals surface area (Å²) in [6.45, 7) is 3.32. The molecule has 0 spiro atoms. The van der Waals surface area contributed by atoms with Gasteiger partial charge in [-0.15, -0.1) is 6.42 Å². The number of hydrogen-bond acceptors (Lipinski definition) is 4. The van der Waals surface area contributed by atoms with Gasteiger partial charge in [0.15, 0.2) is 0 Å². The number of allylic oxidation sites excluding steroid dienone is 1. The molecule has 130 valence electrons. The van der Waals surface area contributed by atoms with Gasteiger partial charge in [-0.3, -0.25) is 14.7 Å². The number of thioether (sulfide) groups is 1. The highest BCUT2D eigenvalue weighted by atomic mass is 35.5. The van der Waals surface area contributed by atoms with Crippen LogP contribution < -0.4 is 5.32 Å². The van der Waals surface area contributed by atoms with Gasteiger partial charge in [0.2, 0.25) is 0 Å². The van der Waals surface area contributed by atoms with E-state index in [0.29, 0.717) is 11.8 Å². The molecular weight excluding hydrogens is 354 g/mol. The lowest BCUT2D eigenvalue weighted by atomic mass is 9.96. The summed E-state index contributed by atoms with van der Waals surface area (Å²) < 4.78 is 0. The molecular formula is C19H20ClN3OS. The van der Waals surface area contributed by atoms with Crippen molar-refractivity contribution in [3.63, 3.8) is 0 Å². The molecule has 0 aliphatic carbocycles. The Labute approximate surface area is 157 Å². The average molecular weight is 374 g/mol. The van der Waals surface area contributed by atoms with Crippen LogP contribution in [-0.2, 0) is 6.54 Å². The van der Waals surface area contributed by atoms with Crippen LogP contribution in [0.1, 0.15) is 18.4 Å². The summed E-state index contributed by atoms with van der Waals surface area (Å²) in [5, 5.41) is 3.45. The molecule has 0 unspecified atom stereocenters. The van der Waals surface area contributed by atoms with Crippen molar-refractivity contribution in [2.75, 3.05) is 19.6 Å². The summed E-state index contributed by atoms with van der Waals surface area (Å²) in [4.78, 5) is 19.2. The van der Waals surface area contributed by atoms with Gasteiger partial charge in [0, 0.05) is 11.6 Å². The summed E-state index contributed by atoms with van der Waals surface area (Å²) in [6, 6.07) is 8.03. The third-order valence-corrected chi connectivity index (χ3v) is 5.41. The number of piperidine rings is 1. The second-order valence-corrected chi connectivity index (χ2v) is 7.61. The highest BCUT2D eigenvalue weighted by molar-refractivity contribution is 8.18. The van der Waals surface area contributed by atoms with E-state index in [1.807, 2.05) is 12.1 Å². The lowest BCUT2D eigenvalue weighted by Gasteiger charge is -2.30. The molecule has 25 heavy (non-hydrogen) atoms. The molecule has 2 saturated heterocycles. The topological polar surface area (TPSA) is 44.7 Å². The predicted octanol–water partition coefficient (Wildman–Crippen LogP) is 3.92. The molecule has 0 saturated carbocycles. The number of halogens is 1. The van der Waals surface area contributed by atoms with E-state index in [9.17, 15) is 4.79 Å². The highest BCUT2D eigenvalue weighted by Crippen LogP contribution is 2.29. The molecule has 1 amide bonds. The van der Waals surface area contributed by atoms with E-state index in [1.54, 1.807) is 0 Å². The Morgan fingerprint density at radius 3 is 2.76 bits per heavy atom. The summed E-state index contributed by atoms with van der Waals surface area (Å²) in [5.74, 6) is 3.56. The number of carbonyl (C=O) groups is 1. The van der Waals surface area contributed by atoms with Crippen LogP contribution >= 0.6 is 23.4 Å². The van der Waals surface area contributed by atoms with Crippen LogP contribution in [0, 0.1) is 18.3 Å². The first kappa shape index (κ1) is 18.1. The fraction of sp³-hybridized carbons (Fsp3) is 0.368. The van der Waals surface area contributed by atoms with Crippen molar-refractivity contribution < 1.29 is 4.79 Å². The van der Waals surface area contributed by atoms with Crippen molar-refractivity contribution in [2.45, 2.75) is 19.4 Å². The molecule has 6 heteroatoms. The predicted molar refractivity (Wildman–Crippen MR) is 105 cm³/mol. The summed E-state index contributed by atoms with van der Waals surface area (Å²) in [7, 11) is 0. The Kier molecular flexibility index (Phi) is 6.19. The molecule has 2 aliphatic heterocycles. The first-order chi connectivity index (χ1) is 12.1. The van der Waals surface area contributed by atoms with Crippen molar-refractivity contribution in [2.24, 2.45) is 10.9 Å². The molecule has 2 heterocycles.